The van der Waals surface area contributed by atoms with Crippen LogP contribution >= 0.6 is 0 Å². The lowest BCUT2D eigenvalue weighted by Gasteiger charge is -2.24. The Balaban J connectivity index is 0.00000240. The molecule has 2 N–H and O–H groups in total. The van der Waals surface area contributed by atoms with Crippen molar-refractivity contribution < 1.29 is 19.7 Å². The first-order chi connectivity index (χ1) is 13.3. The van der Waals surface area contributed by atoms with Crippen molar-refractivity contribution in [3.63, 3.8) is 0 Å². The van der Waals surface area contributed by atoms with Gasteiger partial charge in [0, 0.05) is 24.1 Å². The summed E-state index contributed by atoms with van der Waals surface area (Å²) < 4.78 is 30.2. The van der Waals surface area contributed by atoms with Crippen molar-refractivity contribution in [3.05, 3.63) is 65.4 Å². The van der Waals surface area contributed by atoms with Gasteiger partial charge in [0.15, 0.2) is 0 Å². The average molecular weight is 401 g/mol. The van der Waals surface area contributed by atoms with Gasteiger partial charge in [0.2, 0.25) is 10.0 Å². The number of carbonyl (C=O) groups is 1. The Kier molecular flexibility index (Phi) is 4.72. The van der Waals surface area contributed by atoms with E-state index in [1.54, 1.807) is 24.3 Å². The van der Waals surface area contributed by atoms with Crippen molar-refractivity contribution in [2.24, 2.45) is 0 Å². The third kappa shape index (κ3) is 3.43. The molecule has 4 rings (SSSR count). The summed E-state index contributed by atoms with van der Waals surface area (Å²) in [5.41, 5.74) is 3.93. The maximum Gasteiger partial charge on any atom is 0.323 e. The number of carboxylic acids is 1. The number of hydrogen-bond acceptors (Lipinski definition) is 3. The number of nitrogens with zero attached hydrogens (tertiary/aromatic N) is 1. The molecule has 0 fully saturated rings. The van der Waals surface area contributed by atoms with Crippen molar-refractivity contribution in [1.82, 2.24) is 9.29 Å². The topological polar surface area (TPSA) is 88.4 Å². The van der Waals surface area contributed by atoms with Crippen LogP contribution in [0.25, 0.3) is 10.9 Å². The molecule has 148 valence electrons. The van der Waals surface area contributed by atoms with Gasteiger partial charge in [-0.05, 0) is 49.9 Å². The van der Waals surface area contributed by atoms with Gasteiger partial charge in [-0.1, -0.05) is 35.9 Å². The number of benzene rings is 2. The zero-order valence-electron chi connectivity index (χ0n) is 15.6. The Morgan fingerprint density at radius 2 is 1.93 bits per heavy atom. The number of hydrogen-bond donors (Lipinski definition) is 2. The SMILES string of the molecule is Cc1ccc(S(=O)(=O)NC2CCc3c(c4ccccc4n3CC(=O)O)C2)cc1.[HH]. The van der Waals surface area contributed by atoms with Crippen LogP contribution < -0.4 is 4.72 Å². The molecule has 0 aliphatic heterocycles. The molecule has 1 atom stereocenters. The number of para-hydroxylation sites is 1. The van der Waals surface area contributed by atoms with Crippen molar-refractivity contribution in [2.45, 2.75) is 43.7 Å². The maximum atomic E-state index is 12.7. The first-order valence-electron chi connectivity index (χ1n) is 9.25. The van der Waals surface area contributed by atoms with E-state index in [9.17, 15) is 18.3 Å². The number of aliphatic carboxylic acids is 1. The number of aryl methyl sites for hydroxylation is 1. The van der Waals surface area contributed by atoms with E-state index >= 15 is 0 Å². The normalized spacial score (nSPS) is 16.8. The molecule has 0 amide bonds. The monoisotopic (exact) mass is 400 g/mol. The quantitative estimate of drug-likeness (QED) is 0.689. The zero-order valence-corrected chi connectivity index (χ0v) is 16.4. The molecule has 7 heteroatoms. The summed E-state index contributed by atoms with van der Waals surface area (Å²) in [4.78, 5) is 11.6. The minimum absolute atomic E-state index is 0. The molecular formula is C21H24N2O4S. The molecule has 0 bridgehead atoms. The Morgan fingerprint density at radius 3 is 2.64 bits per heavy atom. The molecule has 28 heavy (non-hydrogen) atoms. The average Bonchev–Trinajstić information content (AvgIpc) is 2.95. The van der Waals surface area contributed by atoms with Gasteiger partial charge in [-0.2, -0.15) is 0 Å². The molecule has 3 aromatic rings. The fraction of sp³-hybridized carbons (Fsp3) is 0.286. The van der Waals surface area contributed by atoms with E-state index in [1.807, 2.05) is 35.8 Å². The maximum absolute atomic E-state index is 12.7. The van der Waals surface area contributed by atoms with Crippen LogP contribution in [-0.2, 0) is 34.2 Å². The van der Waals surface area contributed by atoms with E-state index in [0.29, 0.717) is 19.3 Å². The van der Waals surface area contributed by atoms with Gasteiger partial charge in [0.25, 0.3) is 0 Å². The van der Waals surface area contributed by atoms with Crippen molar-refractivity contribution >= 4 is 26.9 Å². The largest absolute Gasteiger partial charge is 0.480 e. The molecule has 1 heterocycles. The lowest BCUT2D eigenvalue weighted by atomic mass is 9.92. The lowest BCUT2D eigenvalue weighted by molar-refractivity contribution is -0.137. The van der Waals surface area contributed by atoms with E-state index in [4.69, 9.17) is 0 Å². The summed E-state index contributed by atoms with van der Waals surface area (Å²) in [7, 11) is -3.60. The number of aromatic nitrogens is 1. The number of nitrogens with one attached hydrogen (secondary N) is 1. The Bertz CT molecular complexity index is 1150. The van der Waals surface area contributed by atoms with Gasteiger partial charge in [0.1, 0.15) is 6.54 Å². The predicted octanol–water partition coefficient (Wildman–Crippen LogP) is 3.12. The summed E-state index contributed by atoms with van der Waals surface area (Å²) in [5, 5.41) is 10.3. The van der Waals surface area contributed by atoms with Crippen LogP contribution in [0.5, 0.6) is 0 Å². The van der Waals surface area contributed by atoms with Crippen molar-refractivity contribution in [1.29, 1.82) is 0 Å². The first kappa shape index (κ1) is 18.7. The minimum atomic E-state index is -3.60. The van der Waals surface area contributed by atoms with Gasteiger partial charge in [-0.25, -0.2) is 13.1 Å². The molecule has 1 aliphatic carbocycles. The van der Waals surface area contributed by atoms with Gasteiger partial charge >= 0.3 is 5.97 Å². The smallest absolute Gasteiger partial charge is 0.323 e. The second kappa shape index (κ2) is 7.07. The summed E-state index contributed by atoms with van der Waals surface area (Å²) in [6.45, 7) is 1.83. The van der Waals surface area contributed by atoms with E-state index in [1.165, 1.54) is 0 Å². The van der Waals surface area contributed by atoms with Gasteiger partial charge in [-0.15, -0.1) is 0 Å². The highest BCUT2D eigenvalue weighted by Crippen LogP contribution is 2.32. The second-order valence-corrected chi connectivity index (χ2v) is 9.01. The highest BCUT2D eigenvalue weighted by Gasteiger charge is 2.29. The number of carboxylic acid groups (broad SMARTS) is 1. The third-order valence-corrected chi connectivity index (χ3v) is 6.86. The summed E-state index contributed by atoms with van der Waals surface area (Å²) in [5.74, 6) is -0.884. The molecule has 1 unspecified atom stereocenters. The van der Waals surface area contributed by atoms with Crippen LogP contribution in [0.15, 0.2) is 53.4 Å². The van der Waals surface area contributed by atoms with Gasteiger partial charge < -0.3 is 9.67 Å². The molecule has 1 aliphatic rings. The lowest BCUT2D eigenvalue weighted by Crippen LogP contribution is -2.39. The van der Waals surface area contributed by atoms with E-state index < -0.39 is 16.0 Å². The molecule has 0 spiro atoms. The minimum Gasteiger partial charge on any atom is -0.480 e. The number of fused-ring (bicyclic) bond motifs is 3. The molecule has 6 nitrogen and oxygen atoms in total. The molecule has 1 aromatic heterocycles. The number of rotatable bonds is 5. The van der Waals surface area contributed by atoms with Crippen LogP contribution in [0.1, 0.15) is 24.7 Å². The molecule has 0 radical (unpaired) electrons. The highest BCUT2D eigenvalue weighted by atomic mass is 32.2. The summed E-state index contributed by atoms with van der Waals surface area (Å²) >= 11 is 0. The highest BCUT2D eigenvalue weighted by molar-refractivity contribution is 7.89. The van der Waals surface area contributed by atoms with Gasteiger partial charge in [0.05, 0.1) is 4.90 Å². The standard InChI is InChI=1S/C21H22N2O4S.H2/c1-14-6-9-16(10-7-14)28(26,27)22-15-8-11-20-18(12-15)17-4-2-3-5-19(17)23(20)13-21(24)25;/h2-7,9-10,15,22H,8,11-13H2,1H3,(H,24,25);1H. The fourth-order valence-corrected chi connectivity index (χ4v) is 5.29. The Labute approximate surface area is 165 Å². The van der Waals surface area contributed by atoms with E-state index in [0.717, 1.165) is 27.7 Å². The molecule has 0 saturated carbocycles. The summed E-state index contributed by atoms with van der Waals surface area (Å²) in [6, 6.07) is 14.3. The van der Waals surface area contributed by atoms with Crippen LogP contribution in [0.2, 0.25) is 0 Å². The van der Waals surface area contributed by atoms with Crippen LogP contribution in [-0.4, -0.2) is 30.1 Å². The Morgan fingerprint density at radius 1 is 1.21 bits per heavy atom. The van der Waals surface area contributed by atoms with Crippen LogP contribution in [0.4, 0.5) is 0 Å². The van der Waals surface area contributed by atoms with E-state index in [2.05, 4.69) is 4.72 Å². The summed E-state index contributed by atoms with van der Waals surface area (Å²) in [6.07, 6.45) is 1.82. The number of sulfonamides is 1. The van der Waals surface area contributed by atoms with E-state index in [-0.39, 0.29) is 18.9 Å². The van der Waals surface area contributed by atoms with Crippen LogP contribution in [0, 0.1) is 6.92 Å². The zero-order chi connectivity index (χ0) is 19.9. The first-order valence-corrected chi connectivity index (χ1v) is 10.7. The van der Waals surface area contributed by atoms with Gasteiger partial charge in [-0.3, -0.25) is 4.79 Å². The Hall–Kier alpha value is -2.64. The molecular weight excluding hydrogens is 376 g/mol. The van der Waals surface area contributed by atoms with Crippen LogP contribution in [0.3, 0.4) is 0 Å². The fourth-order valence-electron chi connectivity index (χ4n) is 4.02. The van der Waals surface area contributed by atoms with Crippen molar-refractivity contribution in [3.8, 4) is 0 Å². The molecule has 2 aromatic carbocycles. The predicted molar refractivity (Wildman–Crippen MR) is 109 cm³/mol. The van der Waals surface area contributed by atoms with Crippen molar-refractivity contribution in [2.75, 3.05) is 0 Å². The second-order valence-electron chi connectivity index (χ2n) is 7.30. The molecule has 0 saturated heterocycles. The third-order valence-electron chi connectivity index (χ3n) is 5.32.